The standard InChI is InChI=1S/C21H29N3O3/c1-5-11-24(12-6-2)17-8-9-18(22-15-17)21(25)23-14-16-7-10-19(26-3)20(13-16)27-4/h7-10,13,15H,5-6,11-12,14H2,1-4H3,(H,23,25). The van der Waals surface area contributed by atoms with Crippen LogP contribution in [-0.2, 0) is 6.54 Å². The number of amides is 1. The van der Waals surface area contributed by atoms with E-state index >= 15 is 0 Å². The average molecular weight is 371 g/mol. The summed E-state index contributed by atoms with van der Waals surface area (Å²) in [5.74, 6) is 1.10. The largest absolute Gasteiger partial charge is 0.493 e. The number of anilines is 1. The fourth-order valence-corrected chi connectivity index (χ4v) is 2.88. The third kappa shape index (κ3) is 5.61. The van der Waals surface area contributed by atoms with Gasteiger partial charge in [-0.2, -0.15) is 0 Å². The molecule has 1 N–H and O–H groups in total. The lowest BCUT2D eigenvalue weighted by Gasteiger charge is -2.23. The molecule has 0 saturated carbocycles. The lowest BCUT2D eigenvalue weighted by Crippen LogP contribution is -2.26. The highest BCUT2D eigenvalue weighted by molar-refractivity contribution is 5.92. The quantitative estimate of drug-likeness (QED) is 0.691. The Labute approximate surface area is 161 Å². The number of rotatable bonds is 10. The lowest BCUT2D eigenvalue weighted by molar-refractivity contribution is 0.0946. The zero-order valence-electron chi connectivity index (χ0n) is 16.6. The van der Waals surface area contributed by atoms with Gasteiger partial charge in [0.2, 0.25) is 0 Å². The number of ether oxygens (including phenoxy) is 2. The molecule has 0 aliphatic heterocycles. The molecule has 1 amide bonds. The van der Waals surface area contributed by atoms with Gasteiger partial charge in [-0.15, -0.1) is 0 Å². The summed E-state index contributed by atoms with van der Waals surface area (Å²) in [4.78, 5) is 19.0. The van der Waals surface area contributed by atoms with Crippen molar-refractivity contribution in [2.75, 3.05) is 32.2 Å². The highest BCUT2D eigenvalue weighted by Gasteiger charge is 2.11. The first kappa shape index (κ1) is 20.6. The van der Waals surface area contributed by atoms with Gasteiger partial charge in [-0.1, -0.05) is 19.9 Å². The number of nitrogens with one attached hydrogen (secondary N) is 1. The molecule has 2 aromatic rings. The number of aromatic nitrogens is 1. The van der Waals surface area contributed by atoms with Crippen LogP contribution in [0.2, 0.25) is 0 Å². The summed E-state index contributed by atoms with van der Waals surface area (Å²) < 4.78 is 10.5. The van der Waals surface area contributed by atoms with E-state index in [2.05, 4.69) is 29.0 Å². The van der Waals surface area contributed by atoms with Gasteiger partial charge in [0.15, 0.2) is 11.5 Å². The van der Waals surface area contributed by atoms with Gasteiger partial charge >= 0.3 is 0 Å². The summed E-state index contributed by atoms with van der Waals surface area (Å²) >= 11 is 0. The Morgan fingerprint density at radius 1 is 1.04 bits per heavy atom. The second kappa shape index (κ2) is 10.4. The zero-order chi connectivity index (χ0) is 19.6. The van der Waals surface area contributed by atoms with E-state index in [1.165, 1.54) is 0 Å². The molecule has 0 aliphatic rings. The molecule has 0 radical (unpaired) electrons. The van der Waals surface area contributed by atoms with Gasteiger partial charge in [-0.3, -0.25) is 4.79 Å². The van der Waals surface area contributed by atoms with Crippen molar-refractivity contribution in [2.24, 2.45) is 0 Å². The van der Waals surface area contributed by atoms with E-state index in [9.17, 15) is 4.79 Å². The molecule has 0 spiro atoms. The minimum Gasteiger partial charge on any atom is -0.493 e. The SMILES string of the molecule is CCCN(CCC)c1ccc(C(=O)NCc2ccc(OC)c(OC)c2)nc1. The molecule has 2 rings (SSSR count). The summed E-state index contributed by atoms with van der Waals surface area (Å²) in [7, 11) is 3.18. The summed E-state index contributed by atoms with van der Waals surface area (Å²) in [6.45, 7) is 6.68. The molecule has 0 saturated heterocycles. The average Bonchev–Trinajstić information content (AvgIpc) is 2.71. The Morgan fingerprint density at radius 3 is 2.30 bits per heavy atom. The van der Waals surface area contributed by atoms with Crippen molar-refractivity contribution in [3.05, 3.63) is 47.8 Å². The normalized spacial score (nSPS) is 10.4. The predicted molar refractivity (Wildman–Crippen MR) is 108 cm³/mol. The van der Waals surface area contributed by atoms with Crippen LogP contribution < -0.4 is 19.7 Å². The molecule has 27 heavy (non-hydrogen) atoms. The molecule has 1 aromatic carbocycles. The first-order valence-corrected chi connectivity index (χ1v) is 9.33. The molecule has 0 bridgehead atoms. The van der Waals surface area contributed by atoms with E-state index in [0.29, 0.717) is 23.7 Å². The van der Waals surface area contributed by atoms with Crippen molar-refractivity contribution >= 4 is 11.6 Å². The Morgan fingerprint density at radius 2 is 1.74 bits per heavy atom. The van der Waals surface area contributed by atoms with Crippen LogP contribution in [0, 0.1) is 0 Å². The van der Waals surface area contributed by atoms with Crippen LogP contribution in [0.25, 0.3) is 0 Å². The van der Waals surface area contributed by atoms with Gasteiger partial charge in [-0.05, 0) is 42.7 Å². The van der Waals surface area contributed by atoms with Gasteiger partial charge in [0, 0.05) is 19.6 Å². The maximum Gasteiger partial charge on any atom is 0.270 e. The molecule has 0 unspecified atom stereocenters. The topological polar surface area (TPSA) is 63.7 Å². The number of methoxy groups -OCH3 is 2. The van der Waals surface area contributed by atoms with Gasteiger partial charge < -0.3 is 19.7 Å². The van der Waals surface area contributed by atoms with E-state index < -0.39 is 0 Å². The third-order valence-corrected chi connectivity index (χ3v) is 4.23. The van der Waals surface area contributed by atoms with Crippen molar-refractivity contribution in [3.63, 3.8) is 0 Å². The summed E-state index contributed by atoms with van der Waals surface area (Å²) in [6.07, 6.45) is 3.93. The molecule has 146 valence electrons. The monoisotopic (exact) mass is 371 g/mol. The molecule has 0 fully saturated rings. The number of benzene rings is 1. The van der Waals surface area contributed by atoms with Gasteiger partial charge in [0.05, 0.1) is 26.1 Å². The molecule has 6 nitrogen and oxygen atoms in total. The molecule has 1 heterocycles. The van der Waals surface area contributed by atoms with E-state index in [1.54, 1.807) is 26.5 Å². The second-order valence-corrected chi connectivity index (χ2v) is 6.26. The molecule has 0 atom stereocenters. The molecular formula is C21H29N3O3. The number of carbonyl (C=O) groups is 1. The third-order valence-electron chi connectivity index (χ3n) is 4.23. The molecule has 6 heteroatoms. The lowest BCUT2D eigenvalue weighted by atomic mass is 10.2. The summed E-state index contributed by atoms with van der Waals surface area (Å²) in [5.41, 5.74) is 2.39. The van der Waals surface area contributed by atoms with Crippen molar-refractivity contribution in [2.45, 2.75) is 33.2 Å². The highest BCUT2D eigenvalue weighted by atomic mass is 16.5. The Hall–Kier alpha value is -2.76. The van der Waals surface area contributed by atoms with Crippen LogP contribution in [-0.4, -0.2) is 38.2 Å². The Balaban J connectivity index is 1.99. The minimum atomic E-state index is -0.200. The van der Waals surface area contributed by atoms with Crippen molar-refractivity contribution in [3.8, 4) is 11.5 Å². The maximum atomic E-state index is 12.4. The van der Waals surface area contributed by atoms with E-state index in [4.69, 9.17) is 9.47 Å². The van der Waals surface area contributed by atoms with Crippen LogP contribution >= 0.6 is 0 Å². The molecule has 0 aliphatic carbocycles. The van der Waals surface area contributed by atoms with Crippen molar-refractivity contribution in [1.29, 1.82) is 0 Å². The highest BCUT2D eigenvalue weighted by Crippen LogP contribution is 2.27. The second-order valence-electron chi connectivity index (χ2n) is 6.26. The summed E-state index contributed by atoms with van der Waals surface area (Å²) in [5, 5.41) is 2.89. The van der Waals surface area contributed by atoms with Crippen LogP contribution in [0.5, 0.6) is 11.5 Å². The van der Waals surface area contributed by atoms with Gasteiger partial charge in [-0.25, -0.2) is 4.98 Å². The van der Waals surface area contributed by atoms with Gasteiger partial charge in [0.25, 0.3) is 5.91 Å². The van der Waals surface area contributed by atoms with E-state index in [-0.39, 0.29) is 5.91 Å². The van der Waals surface area contributed by atoms with Crippen LogP contribution in [0.1, 0.15) is 42.7 Å². The summed E-state index contributed by atoms with van der Waals surface area (Å²) in [6, 6.07) is 9.30. The number of carbonyl (C=O) groups excluding carboxylic acids is 1. The smallest absolute Gasteiger partial charge is 0.270 e. The van der Waals surface area contributed by atoms with E-state index in [1.807, 2.05) is 24.3 Å². The van der Waals surface area contributed by atoms with Crippen LogP contribution in [0.3, 0.4) is 0 Å². The fourth-order valence-electron chi connectivity index (χ4n) is 2.88. The minimum absolute atomic E-state index is 0.200. The predicted octanol–water partition coefficient (Wildman–Crippen LogP) is 3.66. The first-order valence-electron chi connectivity index (χ1n) is 9.33. The zero-order valence-corrected chi connectivity index (χ0v) is 16.6. The van der Waals surface area contributed by atoms with Gasteiger partial charge in [0.1, 0.15) is 5.69 Å². The number of hydrogen-bond acceptors (Lipinski definition) is 5. The Kier molecular flexibility index (Phi) is 7.92. The number of hydrogen-bond donors (Lipinski definition) is 1. The number of nitrogens with zero attached hydrogens (tertiary/aromatic N) is 2. The Bertz CT molecular complexity index is 726. The van der Waals surface area contributed by atoms with Crippen molar-refractivity contribution in [1.82, 2.24) is 10.3 Å². The van der Waals surface area contributed by atoms with Crippen LogP contribution in [0.4, 0.5) is 5.69 Å². The maximum absolute atomic E-state index is 12.4. The molecular weight excluding hydrogens is 342 g/mol. The number of pyridine rings is 1. The fraction of sp³-hybridized carbons (Fsp3) is 0.429. The first-order chi connectivity index (χ1) is 13.1. The van der Waals surface area contributed by atoms with E-state index in [0.717, 1.165) is 37.2 Å². The van der Waals surface area contributed by atoms with Crippen LogP contribution in [0.15, 0.2) is 36.5 Å². The molecule has 1 aromatic heterocycles. The van der Waals surface area contributed by atoms with Crippen molar-refractivity contribution < 1.29 is 14.3 Å².